The van der Waals surface area contributed by atoms with Crippen molar-refractivity contribution in [1.82, 2.24) is 0 Å². The maximum Gasteiger partial charge on any atom is 0.332 e. The average Bonchev–Trinajstić information content (AvgIpc) is 2.16. The molecule has 0 spiro atoms. The first-order valence-electron chi connectivity index (χ1n) is 3.93. The number of aliphatic carboxylic acids is 1. The number of carbonyl (C=O) groups is 1. The van der Waals surface area contributed by atoms with Gasteiger partial charge in [-0.1, -0.05) is 18.2 Å². The minimum atomic E-state index is -1.08. The van der Waals surface area contributed by atoms with E-state index in [0.717, 1.165) is 0 Å². The van der Waals surface area contributed by atoms with Crippen LogP contribution in [0, 0.1) is 0 Å². The number of para-hydroxylation sites is 1. The minimum Gasteiger partial charge on any atom is -0.507 e. The number of phenolic OH excluding ortho intramolecular Hbond substituents is 1. The molecule has 0 fully saturated rings. The van der Waals surface area contributed by atoms with Gasteiger partial charge in [-0.2, -0.15) is 0 Å². The maximum absolute atomic E-state index is 10.6. The number of halogens is 1. The number of carboxylic acids is 1. The fraction of sp³-hybridized carbons (Fsp3) is 0.100. The van der Waals surface area contributed by atoms with Crippen molar-refractivity contribution in [3.8, 4) is 5.75 Å². The fourth-order valence-corrected chi connectivity index (χ4v) is 1.15. The van der Waals surface area contributed by atoms with Gasteiger partial charge in [-0.3, -0.25) is 0 Å². The molecular formula is C10H9ClO3. The lowest BCUT2D eigenvalue weighted by Crippen LogP contribution is -2.01. The molecule has 0 unspecified atom stereocenters. The highest BCUT2D eigenvalue weighted by Crippen LogP contribution is 2.19. The smallest absolute Gasteiger partial charge is 0.332 e. The van der Waals surface area contributed by atoms with Crippen molar-refractivity contribution >= 4 is 23.6 Å². The Hall–Kier alpha value is -1.48. The lowest BCUT2D eigenvalue weighted by Gasteiger charge is -1.99. The van der Waals surface area contributed by atoms with Gasteiger partial charge >= 0.3 is 5.97 Å². The highest BCUT2D eigenvalue weighted by atomic mass is 35.5. The van der Waals surface area contributed by atoms with Gasteiger partial charge in [0.15, 0.2) is 0 Å². The summed E-state index contributed by atoms with van der Waals surface area (Å²) in [5.41, 5.74) is 0.499. The van der Waals surface area contributed by atoms with Crippen LogP contribution in [0.15, 0.2) is 29.8 Å². The fourth-order valence-electron chi connectivity index (χ4n) is 0.955. The number of phenols is 1. The van der Waals surface area contributed by atoms with Gasteiger partial charge in [0.1, 0.15) is 5.75 Å². The van der Waals surface area contributed by atoms with Crippen LogP contribution in [0.1, 0.15) is 5.56 Å². The Morgan fingerprint density at radius 2 is 2.07 bits per heavy atom. The van der Waals surface area contributed by atoms with Gasteiger partial charge in [0.05, 0.1) is 11.5 Å². The molecular weight excluding hydrogens is 204 g/mol. The summed E-state index contributed by atoms with van der Waals surface area (Å²) in [4.78, 5) is 10.6. The summed E-state index contributed by atoms with van der Waals surface area (Å²) >= 11 is 5.43. The van der Waals surface area contributed by atoms with Crippen LogP contribution in [0.4, 0.5) is 0 Å². The van der Waals surface area contributed by atoms with Crippen molar-refractivity contribution in [2.24, 2.45) is 0 Å². The van der Waals surface area contributed by atoms with Crippen LogP contribution in [-0.2, 0) is 4.79 Å². The van der Waals surface area contributed by atoms with E-state index in [2.05, 4.69) is 0 Å². The first kappa shape index (κ1) is 10.6. The molecule has 0 aliphatic heterocycles. The van der Waals surface area contributed by atoms with Crippen LogP contribution in [0.2, 0.25) is 0 Å². The zero-order valence-electron chi connectivity index (χ0n) is 7.27. The van der Waals surface area contributed by atoms with E-state index in [-0.39, 0.29) is 17.2 Å². The molecule has 1 aromatic carbocycles. The maximum atomic E-state index is 10.6. The largest absolute Gasteiger partial charge is 0.507 e. The second-order valence-electron chi connectivity index (χ2n) is 2.67. The van der Waals surface area contributed by atoms with Crippen molar-refractivity contribution in [1.29, 1.82) is 0 Å². The van der Waals surface area contributed by atoms with Crippen LogP contribution in [0.5, 0.6) is 5.75 Å². The summed E-state index contributed by atoms with van der Waals surface area (Å²) in [6.07, 6.45) is 1.35. The lowest BCUT2D eigenvalue weighted by atomic mass is 10.1. The monoisotopic (exact) mass is 212 g/mol. The molecule has 1 rings (SSSR count). The Kier molecular flexibility index (Phi) is 3.54. The van der Waals surface area contributed by atoms with Crippen molar-refractivity contribution in [2.45, 2.75) is 0 Å². The zero-order valence-corrected chi connectivity index (χ0v) is 8.03. The zero-order chi connectivity index (χ0) is 10.6. The quantitative estimate of drug-likeness (QED) is 0.596. The standard InChI is InChI=1S/C10H9ClO3/c11-6-8(10(13)14)5-7-3-1-2-4-9(7)12/h1-5,12H,6H2,(H,13,14)/b8-5+. The van der Waals surface area contributed by atoms with Crippen LogP contribution in [0.3, 0.4) is 0 Å². The molecule has 0 saturated heterocycles. The number of aromatic hydroxyl groups is 1. The van der Waals surface area contributed by atoms with Gasteiger partial charge in [0.25, 0.3) is 0 Å². The normalized spacial score (nSPS) is 11.4. The number of benzene rings is 1. The van der Waals surface area contributed by atoms with Gasteiger partial charge in [-0.05, 0) is 12.1 Å². The molecule has 3 nitrogen and oxygen atoms in total. The molecule has 0 aliphatic rings. The summed E-state index contributed by atoms with van der Waals surface area (Å²) in [6.45, 7) is 0. The molecule has 14 heavy (non-hydrogen) atoms. The average molecular weight is 213 g/mol. The number of alkyl halides is 1. The molecule has 0 amide bonds. The Morgan fingerprint density at radius 3 is 2.57 bits per heavy atom. The molecule has 74 valence electrons. The molecule has 4 heteroatoms. The summed E-state index contributed by atoms with van der Waals surface area (Å²) in [5, 5.41) is 18.0. The van der Waals surface area contributed by atoms with Crippen LogP contribution in [-0.4, -0.2) is 22.1 Å². The van der Waals surface area contributed by atoms with Crippen LogP contribution in [0.25, 0.3) is 6.08 Å². The molecule has 0 atom stereocenters. The number of carboxylic acid groups (broad SMARTS) is 1. The van der Waals surface area contributed by atoms with Gasteiger partial charge in [0.2, 0.25) is 0 Å². The topological polar surface area (TPSA) is 57.5 Å². The van der Waals surface area contributed by atoms with Gasteiger partial charge in [-0.15, -0.1) is 11.6 Å². The van der Waals surface area contributed by atoms with Crippen molar-refractivity contribution < 1.29 is 15.0 Å². The van der Waals surface area contributed by atoms with Crippen molar-refractivity contribution in [3.05, 3.63) is 35.4 Å². The molecule has 0 radical (unpaired) electrons. The van der Waals surface area contributed by atoms with Gasteiger partial charge in [-0.25, -0.2) is 4.79 Å². The first-order valence-corrected chi connectivity index (χ1v) is 4.46. The third kappa shape index (κ3) is 2.50. The molecule has 0 heterocycles. The van der Waals surface area contributed by atoms with E-state index < -0.39 is 5.97 Å². The Morgan fingerprint density at radius 1 is 1.43 bits per heavy atom. The first-order chi connectivity index (χ1) is 6.65. The van der Waals surface area contributed by atoms with E-state index in [1.165, 1.54) is 12.1 Å². The van der Waals surface area contributed by atoms with E-state index in [9.17, 15) is 9.90 Å². The molecule has 0 aromatic heterocycles. The predicted octanol–water partition coefficient (Wildman–Crippen LogP) is 2.10. The molecule has 0 bridgehead atoms. The minimum absolute atomic E-state index is 0.0383. The highest BCUT2D eigenvalue weighted by Gasteiger charge is 2.06. The van der Waals surface area contributed by atoms with Crippen molar-refractivity contribution in [2.75, 3.05) is 5.88 Å². The molecule has 0 saturated carbocycles. The summed E-state index contributed by atoms with van der Waals surface area (Å²) in [5.74, 6) is -1.14. The summed E-state index contributed by atoms with van der Waals surface area (Å²) < 4.78 is 0. The van der Waals surface area contributed by atoms with Gasteiger partial charge in [0, 0.05) is 5.56 Å². The van der Waals surface area contributed by atoms with Crippen molar-refractivity contribution in [3.63, 3.8) is 0 Å². The number of rotatable bonds is 3. The molecule has 1 aromatic rings. The molecule has 0 aliphatic carbocycles. The summed E-state index contributed by atoms with van der Waals surface area (Å²) in [6, 6.07) is 6.47. The van der Waals surface area contributed by atoms with Gasteiger partial charge < -0.3 is 10.2 Å². The third-order valence-corrected chi connectivity index (χ3v) is 1.97. The van der Waals surface area contributed by atoms with E-state index in [1.807, 2.05) is 0 Å². The van der Waals surface area contributed by atoms with E-state index in [4.69, 9.17) is 16.7 Å². The Balaban J connectivity index is 3.07. The highest BCUT2D eigenvalue weighted by molar-refractivity contribution is 6.22. The Bertz CT molecular complexity index is 371. The Labute approximate surface area is 86.3 Å². The predicted molar refractivity (Wildman–Crippen MR) is 54.4 cm³/mol. The number of hydrogen-bond acceptors (Lipinski definition) is 2. The van der Waals surface area contributed by atoms with E-state index in [0.29, 0.717) is 5.56 Å². The van der Waals surface area contributed by atoms with Crippen LogP contribution >= 0.6 is 11.6 Å². The second-order valence-corrected chi connectivity index (χ2v) is 2.93. The van der Waals surface area contributed by atoms with E-state index >= 15 is 0 Å². The van der Waals surface area contributed by atoms with Crippen LogP contribution < -0.4 is 0 Å². The SMILES string of the molecule is O=C(O)/C(=C/c1ccccc1O)CCl. The lowest BCUT2D eigenvalue weighted by molar-refractivity contribution is -0.132. The third-order valence-electron chi connectivity index (χ3n) is 1.69. The summed E-state index contributed by atoms with van der Waals surface area (Å²) in [7, 11) is 0. The second kappa shape index (κ2) is 4.67. The molecule has 2 N–H and O–H groups in total. The van der Waals surface area contributed by atoms with E-state index in [1.54, 1.807) is 18.2 Å². The number of hydrogen-bond donors (Lipinski definition) is 2.